The number of halogens is 1. The molecule has 0 saturated heterocycles. The van der Waals surface area contributed by atoms with Crippen LogP contribution in [0.4, 0.5) is 4.79 Å². The Morgan fingerprint density at radius 1 is 1.08 bits per heavy atom. The molecule has 1 amide bonds. The molecule has 1 saturated carbocycles. The van der Waals surface area contributed by atoms with Gasteiger partial charge in [0.2, 0.25) is 0 Å². The molecular formula is C17H35IN4O2. The fourth-order valence-electron chi connectivity index (χ4n) is 2.78. The summed E-state index contributed by atoms with van der Waals surface area (Å²) in [5, 5.41) is 9.22. The van der Waals surface area contributed by atoms with E-state index in [-0.39, 0.29) is 30.1 Å². The van der Waals surface area contributed by atoms with Crippen LogP contribution in [0.2, 0.25) is 0 Å². The van der Waals surface area contributed by atoms with E-state index < -0.39 is 5.60 Å². The minimum atomic E-state index is -0.464. The molecule has 1 rings (SSSR count). The number of hydrogen-bond acceptors (Lipinski definition) is 3. The lowest BCUT2D eigenvalue weighted by Crippen LogP contribution is -2.42. The summed E-state index contributed by atoms with van der Waals surface area (Å²) in [5.41, 5.74) is -0.464. The molecule has 0 unspecified atom stereocenters. The van der Waals surface area contributed by atoms with E-state index in [1.54, 1.807) is 7.05 Å². The second-order valence-corrected chi connectivity index (χ2v) is 7.15. The van der Waals surface area contributed by atoms with Crippen molar-refractivity contribution in [2.75, 3.05) is 26.7 Å². The SMILES string of the molecule is CN=C(NCCCC1CCCC1)NCCNC(=O)OC(C)(C)C.I. The number of guanidine groups is 1. The third kappa shape index (κ3) is 11.8. The topological polar surface area (TPSA) is 74.8 Å². The summed E-state index contributed by atoms with van der Waals surface area (Å²) in [6.07, 6.45) is 7.73. The zero-order valence-electron chi connectivity index (χ0n) is 15.6. The molecule has 0 atom stereocenters. The number of aliphatic imine (C=N–C) groups is 1. The predicted octanol–water partition coefficient (Wildman–Crippen LogP) is 3.26. The van der Waals surface area contributed by atoms with Gasteiger partial charge in [0.05, 0.1) is 0 Å². The van der Waals surface area contributed by atoms with Crippen molar-refractivity contribution >= 4 is 36.0 Å². The van der Waals surface area contributed by atoms with Crippen molar-refractivity contribution in [2.45, 2.75) is 64.9 Å². The molecule has 0 heterocycles. The van der Waals surface area contributed by atoms with Gasteiger partial charge in [-0.3, -0.25) is 4.99 Å². The predicted molar refractivity (Wildman–Crippen MR) is 110 cm³/mol. The van der Waals surface area contributed by atoms with Gasteiger partial charge in [-0.1, -0.05) is 25.7 Å². The Bertz CT molecular complexity index is 377. The van der Waals surface area contributed by atoms with Crippen LogP contribution in [0, 0.1) is 5.92 Å². The van der Waals surface area contributed by atoms with Crippen LogP contribution in [-0.4, -0.2) is 44.3 Å². The van der Waals surface area contributed by atoms with Gasteiger partial charge < -0.3 is 20.7 Å². The Hall–Kier alpha value is -0.730. The Kier molecular flexibility index (Phi) is 12.2. The summed E-state index contributed by atoms with van der Waals surface area (Å²) >= 11 is 0. The molecule has 7 heteroatoms. The van der Waals surface area contributed by atoms with E-state index in [4.69, 9.17) is 4.74 Å². The van der Waals surface area contributed by atoms with Gasteiger partial charge in [-0.05, 0) is 39.5 Å². The number of amides is 1. The quantitative estimate of drug-likeness (QED) is 0.239. The van der Waals surface area contributed by atoms with Crippen molar-refractivity contribution in [3.63, 3.8) is 0 Å². The van der Waals surface area contributed by atoms with Crippen molar-refractivity contribution in [1.82, 2.24) is 16.0 Å². The molecule has 1 aliphatic rings. The minimum absolute atomic E-state index is 0. The van der Waals surface area contributed by atoms with Crippen molar-refractivity contribution in [3.8, 4) is 0 Å². The highest BCUT2D eigenvalue weighted by atomic mass is 127. The molecule has 0 bridgehead atoms. The molecule has 6 nitrogen and oxygen atoms in total. The largest absolute Gasteiger partial charge is 0.444 e. The summed E-state index contributed by atoms with van der Waals surface area (Å²) in [5.74, 6) is 1.72. The first-order valence-electron chi connectivity index (χ1n) is 8.82. The number of carbonyl (C=O) groups excluding carboxylic acids is 1. The van der Waals surface area contributed by atoms with E-state index in [1.165, 1.54) is 38.5 Å². The second-order valence-electron chi connectivity index (χ2n) is 7.15. The first-order valence-corrected chi connectivity index (χ1v) is 8.82. The monoisotopic (exact) mass is 454 g/mol. The minimum Gasteiger partial charge on any atom is -0.444 e. The molecule has 0 aromatic heterocycles. The van der Waals surface area contributed by atoms with Gasteiger partial charge >= 0.3 is 6.09 Å². The first-order chi connectivity index (χ1) is 10.9. The number of rotatable bonds is 7. The average molecular weight is 454 g/mol. The summed E-state index contributed by atoms with van der Waals surface area (Å²) in [4.78, 5) is 15.7. The number of nitrogens with zero attached hydrogens (tertiary/aromatic N) is 1. The van der Waals surface area contributed by atoms with Crippen LogP contribution in [0.1, 0.15) is 59.3 Å². The van der Waals surface area contributed by atoms with E-state index >= 15 is 0 Å². The molecule has 3 N–H and O–H groups in total. The Morgan fingerprint density at radius 2 is 1.67 bits per heavy atom. The fourth-order valence-corrected chi connectivity index (χ4v) is 2.78. The molecule has 1 aliphatic carbocycles. The van der Waals surface area contributed by atoms with Crippen LogP contribution in [-0.2, 0) is 4.74 Å². The molecule has 142 valence electrons. The lowest BCUT2D eigenvalue weighted by Gasteiger charge is -2.20. The van der Waals surface area contributed by atoms with E-state index in [0.29, 0.717) is 13.1 Å². The number of ether oxygens (including phenoxy) is 1. The Labute approximate surface area is 164 Å². The Morgan fingerprint density at radius 3 is 2.25 bits per heavy atom. The average Bonchev–Trinajstić information content (AvgIpc) is 2.97. The number of alkyl carbamates (subject to hydrolysis) is 1. The third-order valence-electron chi connectivity index (χ3n) is 3.87. The van der Waals surface area contributed by atoms with Crippen LogP contribution in [0.3, 0.4) is 0 Å². The summed E-state index contributed by atoms with van der Waals surface area (Å²) in [6, 6.07) is 0. The van der Waals surface area contributed by atoms with Gasteiger partial charge in [0, 0.05) is 26.7 Å². The molecule has 0 aromatic carbocycles. The van der Waals surface area contributed by atoms with Crippen molar-refractivity contribution in [1.29, 1.82) is 0 Å². The molecule has 0 aliphatic heterocycles. The molecule has 24 heavy (non-hydrogen) atoms. The van der Waals surface area contributed by atoms with Crippen LogP contribution < -0.4 is 16.0 Å². The number of nitrogens with one attached hydrogen (secondary N) is 3. The Balaban J connectivity index is 0.00000529. The van der Waals surface area contributed by atoms with E-state index in [9.17, 15) is 4.79 Å². The van der Waals surface area contributed by atoms with Gasteiger partial charge in [0.15, 0.2) is 5.96 Å². The first kappa shape index (κ1) is 23.3. The van der Waals surface area contributed by atoms with Crippen LogP contribution >= 0.6 is 24.0 Å². The van der Waals surface area contributed by atoms with Gasteiger partial charge in [0.1, 0.15) is 5.60 Å². The van der Waals surface area contributed by atoms with Crippen molar-refractivity contribution in [2.24, 2.45) is 10.9 Å². The highest BCUT2D eigenvalue weighted by Crippen LogP contribution is 2.28. The van der Waals surface area contributed by atoms with Crippen molar-refractivity contribution < 1.29 is 9.53 Å². The highest BCUT2D eigenvalue weighted by molar-refractivity contribution is 14.0. The summed E-state index contributed by atoms with van der Waals surface area (Å²) in [7, 11) is 1.76. The number of carbonyl (C=O) groups is 1. The molecule has 0 radical (unpaired) electrons. The zero-order chi connectivity index (χ0) is 17.1. The molecule has 1 fully saturated rings. The highest BCUT2D eigenvalue weighted by Gasteiger charge is 2.15. The van der Waals surface area contributed by atoms with Crippen molar-refractivity contribution in [3.05, 3.63) is 0 Å². The van der Waals surface area contributed by atoms with E-state index in [1.807, 2.05) is 20.8 Å². The lowest BCUT2D eigenvalue weighted by atomic mass is 10.0. The van der Waals surface area contributed by atoms with Gasteiger partial charge in [-0.2, -0.15) is 0 Å². The maximum Gasteiger partial charge on any atom is 0.407 e. The molecule has 0 spiro atoms. The normalized spacial score (nSPS) is 15.6. The smallest absolute Gasteiger partial charge is 0.407 e. The van der Waals surface area contributed by atoms with Gasteiger partial charge in [-0.25, -0.2) is 4.79 Å². The summed E-state index contributed by atoms with van der Waals surface area (Å²) < 4.78 is 5.18. The number of hydrogen-bond donors (Lipinski definition) is 3. The second kappa shape index (κ2) is 12.6. The van der Waals surface area contributed by atoms with E-state index in [2.05, 4.69) is 20.9 Å². The van der Waals surface area contributed by atoms with Gasteiger partial charge in [-0.15, -0.1) is 24.0 Å². The van der Waals surface area contributed by atoms with Crippen LogP contribution in [0.25, 0.3) is 0 Å². The van der Waals surface area contributed by atoms with E-state index in [0.717, 1.165) is 18.4 Å². The zero-order valence-corrected chi connectivity index (χ0v) is 17.9. The maximum atomic E-state index is 11.5. The maximum absolute atomic E-state index is 11.5. The van der Waals surface area contributed by atoms with Crippen LogP contribution in [0.15, 0.2) is 4.99 Å². The lowest BCUT2D eigenvalue weighted by molar-refractivity contribution is 0.0529. The third-order valence-corrected chi connectivity index (χ3v) is 3.87. The van der Waals surface area contributed by atoms with Gasteiger partial charge in [0.25, 0.3) is 0 Å². The molecular weight excluding hydrogens is 419 g/mol. The standard InChI is InChI=1S/C17H34N4O2.HI/c1-17(2,3)23-16(22)21-13-12-20-15(18-4)19-11-7-10-14-8-5-6-9-14;/h14H,5-13H2,1-4H3,(H,21,22)(H2,18,19,20);1H. The fraction of sp³-hybridized carbons (Fsp3) is 0.882. The molecule has 0 aromatic rings. The van der Waals surface area contributed by atoms with Crippen LogP contribution in [0.5, 0.6) is 0 Å². The summed E-state index contributed by atoms with van der Waals surface area (Å²) in [6.45, 7) is 7.60.